The highest BCUT2D eigenvalue weighted by molar-refractivity contribution is 7.89. The Kier molecular flexibility index (Phi) is 6.97. The Balaban J connectivity index is 1.66. The minimum atomic E-state index is -3.57. The van der Waals surface area contributed by atoms with Crippen molar-refractivity contribution in [2.45, 2.75) is 31.2 Å². The zero-order chi connectivity index (χ0) is 22.6. The van der Waals surface area contributed by atoms with E-state index in [0.29, 0.717) is 30.9 Å². The van der Waals surface area contributed by atoms with E-state index in [0.717, 1.165) is 5.69 Å². The van der Waals surface area contributed by atoms with Crippen molar-refractivity contribution in [2.75, 3.05) is 31.6 Å². The molecule has 1 heterocycles. The summed E-state index contributed by atoms with van der Waals surface area (Å²) in [7, 11) is -2.00. The van der Waals surface area contributed by atoms with Crippen LogP contribution in [0.2, 0.25) is 0 Å². The molecule has 166 valence electrons. The minimum absolute atomic E-state index is 0.0730. The van der Waals surface area contributed by atoms with Crippen molar-refractivity contribution in [3.63, 3.8) is 0 Å². The highest BCUT2D eigenvalue weighted by atomic mass is 32.2. The van der Waals surface area contributed by atoms with E-state index in [1.807, 2.05) is 0 Å². The molecule has 2 aromatic rings. The second-order valence-corrected chi connectivity index (χ2v) is 9.13. The van der Waals surface area contributed by atoms with E-state index in [4.69, 9.17) is 4.74 Å². The number of hydrogen-bond donors (Lipinski definition) is 1. The number of nitrogens with one attached hydrogen (secondary N) is 1. The molecular formula is C22H27N3O5S. The molecule has 3 rings (SSSR count). The third kappa shape index (κ3) is 4.88. The number of amides is 2. The van der Waals surface area contributed by atoms with E-state index in [1.54, 1.807) is 50.1 Å². The van der Waals surface area contributed by atoms with Gasteiger partial charge < -0.3 is 15.0 Å². The SMILES string of the molecule is CCN(CC)S(=O)(=O)c1ccc(C(=O)NC2CC(=O)N(c3ccc(OC)cc3)C2)cc1. The molecule has 0 aromatic heterocycles. The number of ether oxygens (including phenoxy) is 1. The molecule has 0 bridgehead atoms. The van der Waals surface area contributed by atoms with Crippen molar-refractivity contribution in [1.29, 1.82) is 0 Å². The average molecular weight is 446 g/mol. The lowest BCUT2D eigenvalue weighted by Crippen LogP contribution is -2.37. The first-order valence-corrected chi connectivity index (χ1v) is 11.6. The zero-order valence-electron chi connectivity index (χ0n) is 17.9. The van der Waals surface area contributed by atoms with Gasteiger partial charge in [-0.3, -0.25) is 9.59 Å². The topological polar surface area (TPSA) is 96.0 Å². The van der Waals surface area contributed by atoms with Gasteiger partial charge in [0, 0.05) is 37.3 Å². The van der Waals surface area contributed by atoms with Gasteiger partial charge in [-0.25, -0.2) is 8.42 Å². The smallest absolute Gasteiger partial charge is 0.251 e. The molecule has 9 heteroatoms. The summed E-state index contributed by atoms with van der Waals surface area (Å²) in [6.45, 7) is 4.68. The largest absolute Gasteiger partial charge is 0.497 e. The second kappa shape index (κ2) is 9.49. The number of nitrogens with zero attached hydrogens (tertiary/aromatic N) is 2. The Morgan fingerprint density at radius 3 is 2.26 bits per heavy atom. The van der Waals surface area contributed by atoms with Gasteiger partial charge in [-0.1, -0.05) is 13.8 Å². The van der Waals surface area contributed by atoms with Crippen molar-refractivity contribution in [2.24, 2.45) is 0 Å². The highest BCUT2D eigenvalue weighted by Crippen LogP contribution is 2.24. The summed E-state index contributed by atoms with van der Waals surface area (Å²) in [6.07, 6.45) is 0.201. The molecule has 1 aliphatic rings. The minimum Gasteiger partial charge on any atom is -0.497 e. The monoisotopic (exact) mass is 445 g/mol. The van der Waals surface area contributed by atoms with Crippen LogP contribution in [0, 0.1) is 0 Å². The summed E-state index contributed by atoms with van der Waals surface area (Å²) >= 11 is 0. The molecule has 2 aromatic carbocycles. The molecule has 8 nitrogen and oxygen atoms in total. The highest BCUT2D eigenvalue weighted by Gasteiger charge is 2.32. The summed E-state index contributed by atoms with van der Waals surface area (Å²) < 4.78 is 31.6. The first kappa shape index (κ1) is 22.8. The molecule has 1 aliphatic heterocycles. The fourth-order valence-electron chi connectivity index (χ4n) is 3.58. The molecule has 31 heavy (non-hydrogen) atoms. The molecule has 2 amide bonds. The van der Waals surface area contributed by atoms with Gasteiger partial charge in [-0.15, -0.1) is 0 Å². The van der Waals surface area contributed by atoms with Crippen LogP contribution < -0.4 is 15.0 Å². The molecule has 1 unspecified atom stereocenters. The first-order valence-electron chi connectivity index (χ1n) is 10.2. The van der Waals surface area contributed by atoms with Gasteiger partial charge in [0.05, 0.1) is 18.0 Å². The number of carbonyl (C=O) groups excluding carboxylic acids is 2. The number of carbonyl (C=O) groups is 2. The van der Waals surface area contributed by atoms with Gasteiger partial charge in [0.2, 0.25) is 15.9 Å². The van der Waals surface area contributed by atoms with E-state index in [1.165, 1.54) is 28.6 Å². The first-order chi connectivity index (χ1) is 14.8. The maximum absolute atomic E-state index is 12.6. The molecule has 0 aliphatic carbocycles. The van der Waals surface area contributed by atoms with Gasteiger partial charge >= 0.3 is 0 Å². The van der Waals surface area contributed by atoms with E-state index in [-0.39, 0.29) is 29.2 Å². The maximum atomic E-state index is 12.6. The molecule has 1 fully saturated rings. The van der Waals surface area contributed by atoms with E-state index >= 15 is 0 Å². The van der Waals surface area contributed by atoms with Gasteiger partial charge in [-0.05, 0) is 48.5 Å². The summed E-state index contributed by atoms with van der Waals surface area (Å²) in [5.74, 6) is 0.281. The van der Waals surface area contributed by atoms with Gasteiger partial charge in [0.25, 0.3) is 5.91 Å². The number of sulfonamides is 1. The summed E-state index contributed by atoms with van der Waals surface area (Å²) in [5, 5.41) is 2.87. The number of rotatable bonds is 8. The van der Waals surface area contributed by atoms with Crippen LogP contribution in [0.1, 0.15) is 30.6 Å². The molecule has 1 saturated heterocycles. The van der Waals surface area contributed by atoms with E-state index < -0.39 is 10.0 Å². The van der Waals surface area contributed by atoms with E-state index in [9.17, 15) is 18.0 Å². The van der Waals surface area contributed by atoms with Crippen LogP contribution in [0.15, 0.2) is 53.4 Å². The van der Waals surface area contributed by atoms with Crippen LogP contribution in [0.5, 0.6) is 5.75 Å². The lowest BCUT2D eigenvalue weighted by Gasteiger charge is -2.19. The van der Waals surface area contributed by atoms with Crippen molar-refractivity contribution in [3.05, 3.63) is 54.1 Å². The van der Waals surface area contributed by atoms with Crippen LogP contribution in [-0.2, 0) is 14.8 Å². The fraction of sp³-hybridized carbons (Fsp3) is 0.364. The number of benzene rings is 2. The predicted molar refractivity (Wildman–Crippen MR) is 118 cm³/mol. The second-order valence-electron chi connectivity index (χ2n) is 7.19. The number of anilines is 1. The average Bonchev–Trinajstić information content (AvgIpc) is 3.14. The number of hydrogen-bond acceptors (Lipinski definition) is 5. The van der Waals surface area contributed by atoms with Crippen molar-refractivity contribution in [1.82, 2.24) is 9.62 Å². The Morgan fingerprint density at radius 1 is 1.10 bits per heavy atom. The zero-order valence-corrected chi connectivity index (χ0v) is 18.7. The standard InChI is InChI=1S/C22H27N3O5S/c1-4-24(5-2)31(28,29)20-12-6-16(7-13-20)22(27)23-17-14-21(26)25(15-17)18-8-10-19(30-3)11-9-18/h6-13,17H,4-5,14-15H2,1-3H3,(H,23,27). The lowest BCUT2D eigenvalue weighted by molar-refractivity contribution is -0.117. The third-order valence-corrected chi connectivity index (χ3v) is 7.37. The van der Waals surface area contributed by atoms with Crippen LogP contribution in [-0.4, -0.2) is 57.3 Å². The van der Waals surface area contributed by atoms with Gasteiger partial charge in [0.1, 0.15) is 5.75 Å². The molecular weight excluding hydrogens is 418 g/mol. The normalized spacial score (nSPS) is 16.6. The van der Waals surface area contributed by atoms with Crippen LogP contribution in [0.25, 0.3) is 0 Å². The summed E-state index contributed by atoms with van der Waals surface area (Å²) in [4.78, 5) is 26.8. The van der Waals surface area contributed by atoms with Crippen molar-refractivity contribution < 1.29 is 22.7 Å². The molecule has 1 N–H and O–H groups in total. The summed E-state index contributed by atoms with van der Waals surface area (Å²) in [5.41, 5.74) is 1.09. The molecule has 0 saturated carbocycles. The summed E-state index contributed by atoms with van der Waals surface area (Å²) in [6, 6.07) is 12.7. The lowest BCUT2D eigenvalue weighted by atomic mass is 10.2. The Hall–Kier alpha value is -2.91. The Labute approximate surface area is 182 Å². The van der Waals surface area contributed by atoms with Crippen LogP contribution >= 0.6 is 0 Å². The van der Waals surface area contributed by atoms with Crippen LogP contribution in [0.3, 0.4) is 0 Å². The van der Waals surface area contributed by atoms with Crippen molar-refractivity contribution in [3.8, 4) is 5.75 Å². The third-order valence-electron chi connectivity index (χ3n) is 5.30. The quantitative estimate of drug-likeness (QED) is 0.672. The fourth-order valence-corrected chi connectivity index (χ4v) is 5.03. The van der Waals surface area contributed by atoms with Crippen LogP contribution in [0.4, 0.5) is 5.69 Å². The van der Waals surface area contributed by atoms with E-state index in [2.05, 4.69) is 5.32 Å². The Bertz CT molecular complexity index is 1030. The molecule has 1 atom stereocenters. The molecule has 0 radical (unpaired) electrons. The maximum Gasteiger partial charge on any atom is 0.251 e. The number of methoxy groups -OCH3 is 1. The van der Waals surface area contributed by atoms with Gasteiger partial charge in [-0.2, -0.15) is 4.31 Å². The Morgan fingerprint density at radius 2 is 1.71 bits per heavy atom. The van der Waals surface area contributed by atoms with Crippen molar-refractivity contribution >= 4 is 27.5 Å². The molecule has 0 spiro atoms. The van der Waals surface area contributed by atoms with Gasteiger partial charge in [0.15, 0.2) is 0 Å². The predicted octanol–water partition coefficient (Wildman–Crippen LogP) is 2.26.